The van der Waals surface area contributed by atoms with Crippen molar-refractivity contribution in [2.45, 2.75) is 13.0 Å². The normalized spacial score (nSPS) is 18.2. The molecule has 1 amide bonds. The molecule has 2 aromatic heterocycles. The molecule has 7 heteroatoms. The zero-order valence-corrected chi connectivity index (χ0v) is 13.2. The molecule has 3 aromatic rings. The van der Waals surface area contributed by atoms with Crippen molar-refractivity contribution in [3.05, 3.63) is 53.5 Å². The van der Waals surface area contributed by atoms with E-state index < -0.39 is 0 Å². The standard InChI is InChI=1S/C17H17FN4O2/c1-10-8-19-16(20-10)14-9-22(5-6-24-14)17(23)13-7-11-3-2-4-12(18)15(11)21-13/h2-4,7-8,14,21H,5-6,9H2,1H3,(H,19,20)/t14-/m0/s1. The number of fused-ring (bicyclic) bond motifs is 1. The molecule has 0 radical (unpaired) electrons. The Morgan fingerprint density at radius 1 is 1.42 bits per heavy atom. The Kier molecular flexibility index (Phi) is 3.57. The van der Waals surface area contributed by atoms with Gasteiger partial charge in [-0.3, -0.25) is 4.79 Å². The highest BCUT2D eigenvalue weighted by Gasteiger charge is 2.28. The number of rotatable bonds is 2. The first kappa shape index (κ1) is 14.9. The molecule has 124 valence electrons. The van der Waals surface area contributed by atoms with Crippen LogP contribution >= 0.6 is 0 Å². The molecule has 3 heterocycles. The van der Waals surface area contributed by atoms with Crippen LogP contribution in [0.3, 0.4) is 0 Å². The average Bonchev–Trinajstić information content (AvgIpc) is 3.21. The van der Waals surface area contributed by atoms with Crippen LogP contribution in [-0.2, 0) is 4.74 Å². The molecule has 0 bridgehead atoms. The molecular weight excluding hydrogens is 311 g/mol. The van der Waals surface area contributed by atoms with E-state index in [0.717, 1.165) is 5.69 Å². The lowest BCUT2D eigenvalue weighted by atomic mass is 10.2. The molecule has 1 aliphatic heterocycles. The highest BCUT2D eigenvalue weighted by molar-refractivity contribution is 5.98. The summed E-state index contributed by atoms with van der Waals surface area (Å²) in [6.07, 6.45) is 1.46. The van der Waals surface area contributed by atoms with Crippen molar-refractivity contribution >= 4 is 16.8 Å². The van der Waals surface area contributed by atoms with Crippen molar-refractivity contribution in [1.82, 2.24) is 19.9 Å². The van der Waals surface area contributed by atoms with Gasteiger partial charge in [0.05, 0.1) is 18.7 Å². The Bertz CT molecular complexity index is 901. The Balaban J connectivity index is 1.57. The summed E-state index contributed by atoms with van der Waals surface area (Å²) in [6, 6.07) is 6.46. The number of H-pyrrole nitrogens is 2. The number of aromatic amines is 2. The predicted molar refractivity (Wildman–Crippen MR) is 86.2 cm³/mol. The van der Waals surface area contributed by atoms with Gasteiger partial charge in [-0.1, -0.05) is 12.1 Å². The summed E-state index contributed by atoms with van der Waals surface area (Å²) in [5.74, 6) is 0.187. The number of carbonyl (C=O) groups is 1. The van der Waals surface area contributed by atoms with E-state index in [4.69, 9.17) is 4.74 Å². The summed E-state index contributed by atoms with van der Waals surface area (Å²) < 4.78 is 19.5. The molecule has 1 aromatic carbocycles. The molecule has 0 unspecified atom stereocenters. The first-order valence-corrected chi connectivity index (χ1v) is 7.81. The molecule has 24 heavy (non-hydrogen) atoms. The second-order valence-corrected chi connectivity index (χ2v) is 5.95. The lowest BCUT2D eigenvalue weighted by Crippen LogP contribution is -2.42. The quantitative estimate of drug-likeness (QED) is 0.759. The molecule has 0 spiro atoms. The number of para-hydroxylation sites is 1. The van der Waals surface area contributed by atoms with Crippen LogP contribution in [0.5, 0.6) is 0 Å². The van der Waals surface area contributed by atoms with Gasteiger partial charge in [-0.05, 0) is 19.1 Å². The van der Waals surface area contributed by atoms with Gasteiger partial charge in [-0.15, -0.1) is 0 Å². The van der Waals surface area contributed by atoms with E-state index in [2.05, 4.69) is 15.0 Å². The maximum absolute atomic E-state index is 13.8. The fourth-order valence-electron chi connectivity index (χ4n) is 3.00. The van der Waals surface area contributed by atoms with Gasteiger partial charge in [0.15, 0.2) is 0 Å². The van der Waals surface area contributed by atoms with Crippen LogP contribution in [0.25, 0.3) is 10.9 Å². The Morgan fingerprint density at radius 3 is 3.04 bits per heavy atom. The molecular formula is C17H17FN4O2. The van der Waals surface area contributed by atoms with Gasteiger partial charge in [0.1, 0.15) is 23.4 Å². The van der Waals surface area contributed by atoms with Gasteiger partial charge >= 0.3 is 0 Å². The number of aryl methyl sites for hydroxylation is 1. The number of hydrogen-bond donors (Lipinski definition) is 2. The number of nitrogens with one attached hydrogen (secondary N) is 2. The van der Waals surface area contributed by atoms with Gasteiger partial charge in [0.2, 0.25) is 0 Å². The molecule has 4 rings (SSSR count). The summed E-state index contributed by atoms with van der Waals surface area (Å²) in [5.41, 5.74) is 1.68. The number of halogens is 1. The third-order valence-electron chi connectivity index (χ3n) is 4.22. The van der Waals surface area contributed by atoms with E-state index in [-0.39, 0.29) is 17.8 Å². The van der Waals surface area contributed by atoms with E-state index in [0.29, 0.717) is 42.1 Å². The first-order valence-electron chi connectivity index (χ1n) is 7.81. The number of morpholine rings is 1. The highest BCUT2D eigenvalue weighted by Crippen LogP contribution is 2.23. The number of carbonyl (C=O) groups excluding carboxylic acids is 1. The van der Waals surface area contributed by atoms with E-state index in [1.807, 2.05) is 6.92 Å². The van der Waals surface area contributed by atoms with E-state index in [1.54, 1.807) is 29.3 Å². The minimum absolute atomic E-state index is 0.165. The summed E-state index contributed by atoms with van der Waals surface area (Å²) in [5, 5.41) is 0.685. The SMILES string of the molecule is Cc1cnc([C@@H]2CN(C(=O)c3cc4cccc(F)c4[nH]3)CCO2)[nH]1. The van der Waals surface area contributed by atoms with Crippen LogP contribution in [0.2, 0.25) is 0 Å². The van der Waals surface area contributed by atoms with Crippen molar-refractivity contribution in [3.8, 4) is 0 Å². The van der Waals surface area contributed by atoms with Crippen molar-refractivity contribution in [2.24, 2.45) is 0 Å². The Morgan fingerprint density at radius 2 is 2.29 bits per heavy atom. The number of aromatic nitrogens is 3. The van der Waals surface area contributed by atoms with Gasteiger partial charge in [0, 0.05) is 23.8 Å². The smallest absolute Gasteiger partial charge is 0.270 e. The minimum Gasteiger partial charge on any atom is -0.367 e. The van der Waals surface area contributed by atoms with Crippen LogP contribution in [-0.4, -0.2) is 45.5 Å². The lowest BCUT2D eigenvalue weighted by Gasteiger charge is -2.31. The zero-order valence-electron chi connectivity index (χ0n) is 13.2. The van der Waals surface area contributed by atoms with Crippen LogP contribution in [0.4, 0.5) is 4.39 Å². The van der Waals surface area contributed by atoms with Crippen LogP contribution in [0.1, 0.15) is 28.1 Å². The average molecular weight is 328 g/mol. The van der Waals surface area contributed by atoms with Crippen LogP contribution in [0, 0.1) is 12.7 Å². The van der Waals surface area contributed by atoms with E-state index in [9.17, 15) is 9.18 Å². The third-order valence-corrected chi connectivity index (χ3v) is 4.22. The summed E-state index contributed by atoms with van der Waals surface area (Å²) >= 11 is 0. The largest absolute Gasteiger partial charge is 0.367 e. The summed E-state index contributed by atoms with van der Waals surface area (Å²) in [4.78, 5) is 24.8. The van der Waals surface area contributed by atoms with Gasteiger partial charge in [-0.2, -0.15) is 0 Å². The molecule has 1 aliphatic rings. The third kappa shape index (κ3) is 2.56. The van der Waals surface area contributed by atoms with E-state index >= 15 is 0 Å². The van der Waals surface area contributed by atoms with Gasteiger partial charge < -0.3 is 19.6 Å². The number of imidazole rings is 1. The maximum Gasteiger partial charge on any atom is 0.270 e. The molecule has 1 fully saturated rings. The summed E-state index contributed by atoms with van der Waals surface area (Å²) in [6.45, 7) is 3.25. The fraction of sp³-hybridized carbons (Fsp3) is 0.294. The monoisotopic (exact) mass is 328 g/mol. The minimum atomic E-state index is -0.363. The second-order valence-electron chi connectivity index (χ2n) is 5.95. The maximum atomic E-state index is 13.8. The highest BCUT2D eigenvalue weighted by atomic mass is 19.1. The van der Waals surface area contributed by atoms with Crippen molar-refractivity contribution < 1.29 is 13.9 Å². The zero-order chi connectivity index (χ0) is 16.7. The Hall–Kier alpha value is -2.67. The number of hydrogen-bond acceptors (Lipinski definition) is 3. The number of ether oxygens (including phenoxy) is 1. The molecule has 1 atom stereocenters. The molecule has 0 saturated carbocycles. The first-order chi connectivity index (χ1) is 11.6. The van der Waals surface area contributed by atoms with E-state index in [1.165, 1.54) is 6.07 Å². The van der Waals surface area contributed by atoms with Crippen LogP contribution < -0.4 is 0 Å². The molecule has 2 N–H and O–H groups in total. The topological polar surface area (TPSA) is 74.0 Å². The van der Waals surface area contributed by atoms with Gasteiger partial charge in [-0.25, -0.2) is 9.37 Å². The number of nitrogens with zero attached hydrogens (tertiary/aromatic N) is 2. The van der Waals surface area contributed by atoms with Crippen LogP contribution in [0.15, 0.2) is 30.5 Å². The predicted octanol–water partition coefficient (Wildman–Crippen LogP) is 2.55. The molecule has 6 nitrogen and oxygen atoms in total. The number of benzene rings is 1. The number of amides is 1. The van der Waals surface area contributed by atoms with Gasteiger partial charge in [0.25, 0.3) is 5.91 Å². The summed E-state index contributed by atoms with van der Waals surface area (Å²) in [7, 11) is 0. The second kappa shape index (κ2) is 5.76. The molecule has 0 aliphatic carbocycles. The van der Waals surface area contributed by atoms with Crippen molar-refractivity contribution in [2.75, 3.05) is 19.7 Å². The van der Waals surface area contributed by atoms with Crippen molar-refractivity contribution in [1.29, 1.82) is 0 Å². The Labute approximate surface area is 137 Å². The fourth-order valence-corrected chi connectivity index (χ4v) is 3.00. The lowest BCUT2D eigenvalue weighted by molar-refractivity contribution is -0.0266. The molecule has 1 saturated heterocycles. The van der Waals surface area contributed by atoms with Crippen molar-refractivity contribution in [3.63, 3.8) is 0 Å².